The minimum Gasteiger partial charge on any atom is -0.378 e. The molecule has 0 N–H and O–H groups in total. The summed E-state index contributed by atoms with van der Waals surface area (Å²) in [7, 11) is 0. The minimum absolute atomic E-state index is 0.114. The van der Waals surface area contributed by atoms with Crippen LogP contribution in [0, 0.1) is 11.8 Å². The minimum atomic E-state index is -0.114. The summed E-state index contributed by atoms with van der Waals surface area (Å²) in [6, 6.07) is 0. The van der Waals surface area contributed by atoms with Crippen LogP contribution >= 0.6 is 0 Å². The maximum Gasteiger partial charge on any atom is 0.160 e. The molecule has 2 unspecified atom stereocenters. The van der Waals surface area contributed by atoms with Crippen molar-refractivity contribution in [1.29, 1.82) is 0 Å². The van der Waals surface area contributed by atoms with E-state index in [1.165, 1.54) is 44.9 Å². The van der Waals surface area contributed by atoms with Crippen molar-refractivity contribution in [3.63, 3.8) is 0 Å². The van der Waals surface area contributed by atoms with Gasteiger partial charge in [0.2, 0.25) is 0 Å². The van der Waals surface area contributed by atoms with Gasteiger partial charge in [-0.05, 0) is 39.0 Å². The molecule has 1 fully saturated rings. The van der Waals surface area contributed by atoms with E-state index in [-0.39, 0.29) is 12.4 Å². The molecule has 0 radical (unpaired) electrons. The van der Waals surface area contributed by atoms with E-state index in [2.05, 4.69) is 13.8 Å². The summed E-state index contributed by atoms with van der Waals surface area (Å²) in [5.41, 5.74) is 0. The Morgan fingerprint density at radius 1 is 0.864 bits per heavy atom. The average Bonchev–Trinajstić information content (AvgIpc) is 3.02. The van der Waals surface area contributed by atoms with E-state index in [9.17, 15) is 0 Å². The topological polar surface area (TPSA) is 27.7 Å². The Hall–Kier alpha value is -0.120. The Morgan fingerprint density at radius 3 is 1.95 bits per heavy atom. The summed E-state index contributed by atoms with van der Waals surface area (Å²) in [6.07, 6.45) is 10.5. The van der Waals surface area contributed by atoms with Gasteiger partial charge in [-0.15, -0.1) is 0 Å². The number of hydrogen-bond donors (Lipinski definition) is 0. The molecule has 3 heteroatoms. The quantitative estimate of drug-likeness (QED) is 0.439. The van der Waals surface area contributed by atoms with E-state index >= 15 is 0 Å². The molecule has 0 aromatic rings. The average molecular weight is 315 g/mol. The van der Waals surface area contributed by atoms with E-state index in [0.29, 0.717) is 19.1 Å². The Kier molecular flexibility index (Phi) is 11.2. The van der Waals surface area contributed by atoms with Gasteiger partial charge in [0.25, 0.3) is 0 Å². The third-order valence-corrected chi connectivity index (χ3v) is 4.88. The van der Waals surface area contributed by atoms with E-state index < -0.39 is 0 Å². The number of unbranched alkanes of at least 4 members (excludes halogenated alkanes) is 1. The fourth-order valence-corrected chi connectivity index (χ4v) is 3.88. The van der Waals surface area contributed by atoms with Crippen LogP contribution in [-0.2, 0) is 14.2 Å². The first kappa shape index (κ1) is 19.9. The summed E-state index contributed by atoms with van der Waals surface area (Å²) < 4.78 is 17.7. The molecule has 0 bridgehead atoms. The van der Waals surface area contributed by atoms with Gasteiger partial charge in [-0.1, -0.05) is 45.4 Å². The number of rotatable bonds is 13. The van der Waals surface area contributed by atoms with Crippen molar-refractivity contribution >= 4 is 0 Å². The summed E-state index contributed by atoms with van der Waals surface area (Å²) in [4.78, 5) is 0. The summed E-state index contributed by atoms with van der Waals surface area (Å²) in [5, 5.41) is 0. The van der Waals surface area contributed by atoms with Crippen molar-refractivity contribution in [2.24, 2.45) is 11.8 Å². The fourth-order valence-electron chi connectivity index (χ4n) is 3.88. The second kappa shape index (κ2) is 12.3. The Labute approximate surface area is 138 Å². The van der Waals surface area contributed by atoms with Gasteiger partial charge in [-0.25, -0.2) is 0 Å². The molecule has 1 aliphatic rings. The molecule has 0 amide bonds. The molecule has 0 aliphatic heterocycles. The highest BCUT2D eigenvalue weighted by atomic mass is 16.7. The lowest BCUT2D eigenvalue weighted by atomic mass is 9.81. The van der Waals surface area contributed by atoms with E-state index in [1.807, 2.05) is 13.8 Å². The van der Waals surface area contributed by atoms with Gasteiger partial charge in [-0.3, -0.25) is 0 Å². The normalized spacial score (nSPS) is 19.0. The summed E-state index contributed by atoms with van der Waals surface area (Å²) in [5.74, 6) is 1.51. The standard InChI is InChI=1S/C19H38O3/c1-5-9-14-17(16-12-10-11-13-16)18(20-6-2)15-19(21-7-3)22-8-4/h16-19H,5-15H2,1-4H3. The molecular weight excluding hydrogens is 276 g/mol. The highest BCUT2D eigenvalue weighted by Gasteiger charge is 2.33. The molecule has 0 aromatic carbocycles. The molecule has 1 rings (SSSR count). The van der Waals surface area contributed by atoms with E-state index in [0.717, 1.165) is 18.9 Å². The van der Waals surface area contributed by atoms with Crippen LogP contribution in [0.1, 0.15) is 79.1 Å². The van der Waals surface area contributed by atoms with Crippen LogP contribution in [0.4, 0.5) is 0 Å². The van der Waals surface area contributed by atoms with Crippen molar-refractivity contribution < 1.29 is 14.2 Å². The Morgan fingerprint density at radius 2 is 1.45 bits per heavy atom. The van der Waals surface area contributed by atoms with Gasteiger partial charge < -0.3 is 14.2 Å². The number of ether oxygens (including phenoxy) is 3. The maximum atomic E-state index is 6.18. The van der Waals surface area contributed by atoms with Crippen LogP contribution in [0.2, 0.25) is 0 Å². The first-order chi connectivity index (χ1) is 10.8. The smallest absolute Gasteiger partial charge is 0.160 e. The largest absolute Gasteiger partial charge is 0.378 e. The predicted octanol–water partition coefficient (Wildman–Crippen LogP) is 5.18. The Bertz CT molecular complexity index is 245. The van der Waals surface area contributed by atoms with Crippen molar-refractivity contribution in [3.05, 3.63) is 0 Å². The molecule has 3 nitrogen and oxygen atoms in total. The molecule has 1 saturated carbocycles. The zero-order valence-corrected chi connectivity index (χ0v) is 15.3. The van der Waals surface area contributed by atoms with Crippen molar-refractivity contribution in [2.45, 2.75) is 91.5 Å². The van der Waals surface area contributed by atoms with Gasteiger partial charge in [0.1, 0.15) is 0 Å². The molecule has 0 heterocycles. The monoisotopic (exact) mass is 314 g/mol. The molecule has 0 saturated heterocycles. The second-order valence-electron chi connectivity index (χ2n) is 6.42. The van der Waals surface area contributed by atoms with Crippen molar-refractivity contribution in [1.82, 2.24) is 0 Å². The van der Waals surface area contributed by atoms with Gasteiger partial charge in [0.05, 0.1) is 6.10 Å². The lowest BCUT2D eigenvalue weighted by molar-refractivity contribution is -0.165. The van der Waals surface area contributed by atoms with E-state index in [4.69, 9.17) is 14.2 Å². The molecule has 1 aliphatic carbocycles. The third kappa shape index (κ3) is 6.97. The van der Waals surface area contributed by atoms with Gasteiger partial charge in [-0.2, -0.15) is 0 Å². The molecule has 132 valence electrons. The van der Waals surface area contributed by atoms with Crippen LogP contribution in [0.15, 0.2) is 0 Å². The highest BCUT2D eigenvalue weighted by Crippen LogP contribution is 2.38. The molecule has 22 heavy (non-hydrogen) atoms. The van der Waals surface area contributed by atoms with E-state index in [1.54, 1.807) is 0 Å². The lowest BCUT2D eigenvalue weighted by Gasteiger charge is -2.34. The van der Waals surface area contributed by atoms with Crippen molar-refractivity contribution in [2.75, 3.05) is 19.8 Å². The zero-order chi connectivity index (χ0) is 16.2. The predicted molar refractivity (Wildman–Crippen MR) is 92.0 cm³/mol. The third-order valence-electron chi connectivity index (χ3n) is 4.88. The van der Waals surface area contributed by atoms with Crippen molar-refractivity contribution in [3.8, 4) is 0 Å². The van der Waals surface area contributed by atoms with Crippen LogP contribution in [0.25, 0.3) is 0 Å². The molecular formula is C19H38O3. The second-order valence-corrected chi connectivity index (χ2v) is 6.42. The summed E-state index contributed by atoms with van der Waals surface area (Å²) in [6.45, 7) is 10.6. The number of hydrogen-bond acceptors (Lipinski definition) is 3. The lowest BCUT2D eigenvalue weighted by Crippen LogP contribution is -2.35. The first-order valence-corrected chi connectivity index (χ1v) is 9.61. The van der Waals surface area contributed by atoms with Crippen LogP contribution < -0.4 is 0 Å². The molecule has 0 spiro atoms. The Balaban J connectivity index is 2.71. The highest BCUT2D eigenvalue weighted by molar-refractivity contribution is 4.82. The van der Waals surface area contributed by atoms with Crippen LogP contribution in [0.3, 0.4) is 0 Å². The van der Waals surface area contributed by atoms with Crippen LogP contribution in [0.5, 0.6) is 0 Å². The fraction of sp³-hybridized carbons (Fsp3) is 1.00. The zero-order valence-electron chi connectivity index (χ0n) is 15.3. The first-order valence-electron chi connectivity index (χ1n) is 9.61. The maximum absolute atomic E-state index is 6.18. The molecule has 0 aromatic heterocycles. The van der Waals surface area contributed by atoms with Crippen LogP contribution in [-0.4, -0.2) is 32.2 Å². The van der Waals surface area contributed by atoms with Gasteiger partial charge in [0.15, 0.2) is 6.29 Å². The molecule has 2 atom stereocenters. The van der Waals surface area contributed by atoms with Gasteiger partial charge in [0, 0.05) is 26.2 Å². The van der Waals surface area contributed by atoms with Gasteiger partial charge >= 0.3 is 0 Å². The summed E-state index contributed by atoms with van der Waals surface area (Å²) >= 11 is 0. The SMILES string of the molecule is CCCCC(C1CCCC1)C(CC(OCC)OCC)OCC.